The van der Waals surface area contributed by atoms with Crippen LogP contribution in [0, 0.1) is 6.92 Å². The first-order valence-corrected chi connectivity index (χ1v) is 13.2. The van der Waals surface area contributed by atoms with Crippen LogP contribution in [0.1, 0.15) is 31.0 Å². The number of sulfone groups is 1. The van der Waals surface area contributed by atoms with Crippen molar-refractivity contribution < 1.29 is 21.6 Å². The maximum atomic E-state index is 12.9. The second-order valence-corrected chi connectivity index (χ2v) is 11.5. The monoisotopic (exact) mass is 472 g/mol. The van der Waals surface area contributed by atoms with Gasteiger partial charge in [0.1, 0.15) is 6.04 Å². The summed E-state index contributed by atoms with van der Waals surface area (Å²) < 4.78 is 49.2. The maximum absolute atomic E-state index is 12.9. The van der Waals surface area contributed by atoms with Crippen molar-refractivity contribution in [3.8, 4) is 0 Å². The summed E-state index contributed by atoms with van der Waals surface area (Å²) in [5, 5.41) is 3.14. The van der Waals surface area contributed by atoms with Crippen LogP contribution < -0.4 is 9.62 Å². The largest absolute Gasteiger partial charge is 0.348 e. The normalized spacial score (nSPS) is 14.1. The van der Waals surface area contributed by atoms with Crippen molar-refractivity contribution in [2.24, 2.45) is 0 Å². The molecule has 0 fully saturated rings. The highest BCUT2D eigenvalue weighted by molar-refractivity contribution is 7.92. The van der Waals surface area contributed by atoms with Crippen LogP contribution in [0.3, 0.4) is 0 Å². The zero-order chi connectivity index (χ0) is 22.9. The number of sulfonamides is 1. The molecule has 0 aliphatic heterocycles. The maximum Gasteiger partial charge on any atom is 0.244 e. The lowest BCUT2D eigenvalue weighted by atomic mass is 10.1. The summed E-state index contributed by atoms with van der Waals surface area (Å²) in [6.07, 6.45) is 2.15. The molecule has 0 saturated heterocycles. The van der Waals surface area contributed by atoms with Gasteiger partial charge in [-0.15, -0.1) is 0 Å². The van der Waals surface area contributed by atoms with Crippen LogP contribution in [-0.4, -0.2) is 41.3 Å². The van der Waals surface area contributed by atoms with Gasteiger partial charge in [-0.05, 0) is 56.2 Å². The Morgan fingerprint density at radius 2 is 1.57 bits per heavy atom. The van der Waals surface area contributed by atoms with Crippen molar-refractivity contribution >= 4 is 43.1 Å². The number of amides is 1. The Morgan fingerprint density at radius 3 is 2.07 bits per heavy atom. The van der Waals surface area contributed by atoms with E-state index >= 15 is 0 Å². The van der Waals surface area contributed by atoms with Crippen LogP contribution in [0.5, 0.6) is 0 Å². The van der Waals surface area contributed by atoms with Gasteiger partial charge >= 0.3 is 0 Å². The minimum Gasteiger partial charge on any atom is -0.348 e. The van der Waals surface area contributed by atoms with Crippen LogP contribution >= 0.6 is 11.6 Å². The van der Waals surface area contributed by atoms with Crippen LogP contribution in [-0.2, 0) is 24.7 Å². The first-order chi connectivity index (χ1) is 13.7. The summed E-state index contributed by atoms with van der Waals surface area (Å²) in [6.45, 7) is 4.96. The zero-order valence-corrected chi connectivity index (χ0v) is 19.8. The predicted octanol–water partition coefficient (Wildman–Crippen LogP) is 3.08. The van der Waals surface area contributed by atoms with Gasteiger partial charge in [-0.1, -0.05) is 29.8 Å². The molecule has 10 heteroatoms. The van der Waals surface area contributed by atoms with E-state index in [1.165, 1.54) is 25.1 Å². The molecule has 0 heterocycles. The minimum atomic E-state index is -3.78. The fourth-order valence-electron chi connectivity index (χ4n) is 3.02. The van der Waals surface area contributed by atoms with E-state index in [-0.39, 0.29) is 4.90 Å². The molecular formula is C20H25ClN2O5S2. The number of hydrogen-bond acceptors (Lipinski definition) is 5. The van der Waals surface area contributed by atoms with Gasteiger partial charge in [-0.25, -0.2) is 16.8 Å². The Morgan fingerprint density at radius 1 is 1.00 bits per heavy atom. The van der Waals surface area contributed by atoms with E-state index in [9.17, 15) is 21.6 Å². The van der Waals surface area contributed by atoms with Crippen LogP contribution in [0.4, 0.5) is 5.69 Å². The second kappa shape index (κ2) is 8.95. The average Bonchev–Trinajstić information content (AvgIpc) is 2.62. The van der Waals surface area contributed by atoms with E-state index in [1.54, 1.807) is 38.1 Å². The Bertz CT molecular complexity index is 1150. The Kier molecular flexibility index (Phi) is 7.21. The number of nitrogens with zero attached hydrogens (tertiary/aromatic N) is 1. The first kappa shape index (κ1) is 24.2. The van der Waals surface area contributed by atoms with E-state index in [2.05, 4.69) is 5.32 Å². The zero-order valence-electron chi connectivity index (χ0n) is 17.4. The van der Waals surface area contributed by atoms with Crippen molar-refractivity contribution in [3.05, 3.63) is 58.6 Å². The van der Waals surface area contributed by atoms with Crippen molar-refractivity contribution in [2.45, 2.75) is 37.8 Å². The van der Waals surface area contributed by atoms with Gasteiger partial charge in [-0.3, -0.25) is 9.10 Å². The van der Waals surface area contributed by atoms with E-state index in [1.807, 2.05) is 0 Å². The van der Waals surface area contributed by atoms with Crippen molar-refractivity contribution in [3.63, 3.8) is 0 Å². The Labute approximate surface area is 183 Å². The number of nitrogens with one attached hydrogen (secondary N) is 1. The number of anilines is 1. The van der Waals surface area contributed by atoms with Gasteiger partial charge in [0.25, 0.3) is 0 Å². The molecule has 164 valence electrons. The summed E-state index contributed by atoms with van der Waals surface area (Å²) in [5.41, 5.74) is 1.68. The Balaban J connectivity index is 2.28. The van der Waals surface area contributed by atoms with Gasteiger partial charge < -0.3 is 5.32 Å². The summed E-state index contributed by atoms with van der Waals surface area (Å²) in [7, 11) is -7.10. The van der Waals surface area contributed by atoms with E-state index in [0.29, 0.717) is 21.8 Å². The number of aryl methyl sites for hydroxylation is 1. The fraction of sp³-hybridized carbons (Fsp3) is 0.350. The van der Waals surface area contributed by atoms with Crippen LogP contribution in [0.2, 0.25) is 5.02 Å². The molecule has 0 aromatic heterocycles. The second-order valence-electron chi connectivity index (χ2n) is 7.24. The molecule has 30 heavy (non-hydrogen) atoms. The predicted molar refractivity (Wildman–Crippen MR) is 119 cm³/mol. The molecule has 0 aliphatic carbocycles. The van der Waals surface area contributed by atoms with Gasteiger partial charge in [-0.2, -0.15) is 0 Å². The van der Waals surface area contributed by atoms with Gasteiger partial charge in [0, 0.05) is 11.3 Å². The summed E-state index contributed by atoms with van der Waals surface area (Å²) in [5.74, 6) is -0.500. The van der Waals surface area contributed by atoms with Crippen molar-refractivity contribution in [2.75, 3.05) is 16.8 Å². The molecule has 1 amide bonds. The minimum absolute atomic E-state index is 0.179. The molecule has 0 bridgehead atoms. The lowest BCUT2D eigenvalue weighted by molar-refractivity contribution is -0.122. The smallest absolute Gasteiger partial charge is 0.244 e. The molecule has 0 spiro atoms. The lowest BCUT2D eigenvalue weighted by Gasteiger charge is -2.30. The number of benzene rings is 2. The average molecular weight is 473 g/mol. The number of rotatable bonds is 7. The molecule has 0 saturated carbocycles. The molecule has 0 unspecified atom stereocenters. The quantitative estimate of drug-likeness (QED) is 0.667. The third-order valence-corrected chi connectivity index (χ3v) is 7.26. The van der Waals surface area contributed by atoms with Crippen molar-refractivity contribution in [1.29, 1.82) is 0 Å². The molecule has 2 rings (SSSR count). The number of carbonyl (C=O) groups excluding carboxylic acids is 1. The molecule has 0 radical (unpaired) electrons. The fourth-order valence-corrected chi connectivity index (χ4v) is 5.04. The van der Waals surface area contributed by atoms with E-state index in [4.69, 9.17) is 11.6 Å². The highest BCUT2D eigenvalue weighted by atomic mass is 35.5. The van der Waals surface area contributed by atoms with Crippen LogP contribution in [0.25, 0.3) is 0 Å². The number of halogens is 1. The molecule has 1 N–H and O–H groups in total. The van der Waals surface area contributed by atoms with E-state index in [0.717, 1.165) is 16.8 Å². The van der Waals surface area contributed by atoms with Crippen LogP contribution in [0.15, 0.2) is 47.4 Å². The van der Waals surface area contributed by atoms with Gasteiger partial charge in [0.05, 0.1) is 22.9 Å². The SMILES string of the molecule is Cc1ccc(Cl)cc1N([C@H](C)C(=O)N[C@H](C)c1ccc(S(C)(=O)=O)cc1)S(C)(=O)=O. The first-order valence-electron chi connectivity index (χ1n) is 9.07. The summed E-state index contributed by atoms with van der Waals surface area (Å²) in [6, 6.07) is 9.51. The van der Waals surface area contributed by atoms with E-state index < -0.39 is 37.9 Å². The summed E-state index contributed by atoms with van der Waals surface area (Å²) in [4.78, 5) is 13.0. The molecule has 2 atom stereocenters. The third kappa shape index (κ3) is 5.74. The Hall–Kier alpha value is -2.10. The third-order valence-electron chi connectivity index (χ3n) is 4.66. The topological polar surface area (TPSA) is 101 Å². The molecular weight excluding hydrogens is 448 g/mol. The molecule has 7 nitrogen and oxygen atoms in total. The van der Waals surface area contributed by atoms with Crippen molar-refractivity contribution in [1.82, 2.24) is 5.32 Å². The number of carbonyl (C=O) groups is 1. The van der Waals surface area contributed by atoms with Gasteiger partial charge in [0.15, 0.2) is 9.84 Å². The molecule has 2 aromatic carbocycles. The summed E-state index contributed by atoms with van der Waals surface area (Å²) >= 11 is 6.04. The highest BCUT2D eigenvalue weighted by Crippen LogP contribution is 2.28. The molecule has 0 aliphatic rings. The number of hydrogen-bond donors (Lipinski definition) is 1. The standard InChI is InChI=1S/C20H25ClN2O5S2/c1-13-6-9-17(21)12-19(13)23(30(5,27)28)15(3)20(24)22-14(2)16-7-10-18(11-8-16)29(4,25)26/h6-12,14-15H,1-5H3,(H,22,24)/t14-,15-/m1/s1. The molecule has 2 aromatic rings. The highest BCUT2D eigenvalue weighted by Gasteiger charge is 2.31. The van der Waals surface area contributed by atoms with Gasteiger partial charge in [0.2, 0.25) is 15.9 Å². The lowest BCUT2D eigenvalue weighted by Crippen LogP contribution is -2.48.